The van der Waals surface area contributed by atoms with Gasteiger partial charge in [-0.05, 0) is 41.5 Å². The predicted octanol–water partition coefficient (Wildman–Crippen LogP) is 3.73. The van der Waals surface area contributed by atoms with Crippen LogP contribution in [0.1, 0.15) is 30.5 Å². The predicted molar refractivity (Wildman–Crippen MR) is 90.4 cm³/mol. The molecule has 0 saturated carbocycles. The lowest BCUT2D eigenvalue weighted by Gasteiger charge is -2.32. The topological polar surface area (TPSA) is 49.4 Å². The van der Waals surface area contributed by atoms with Gasteiger partial charge in [-0.15, -0.1) is 0 Å². The van der Waals surface area contributed by atoms with Crippen LogP contribution in [0.4, 0.5) is 10.1 Å². The maximum Gasteiger partial charge on any atom is 0.226 e. The second-order valence-electron chi connectivity index (χ2n) is 5.65. The number of carbonyl (C=O) groups is 2. The summed E-state index contributed by atoms with van der Waals surface area (Å²) in [6, 6.07) is 12.9. The first-order valence-corrected chi connectivity index (χ1v) is 7.66. The summed E-state index contributed by atoms with van der Waals surface area (Å²) in [5.41, 5.74) is 2.45. The molecule has 1 N–H and O–H groups in total. The Morgan fingerprint density at radius 3 is 2.54 bits per heavy atom. The first-order valence-electron chi connectivity index (χ1n) is 7.66. The molecule has 5 heteroatoms. The Morgan fingerprint density at radius 1 is 1.12 bits per heavy atom. The Morgan fingerprint density at radius 2 is 1.83 bits per heavy atom. The fraction of sp³-hybridized carbons (Fsp3) is 0.158. The number of nitrogens with zero attached hydrogens (tertiary/aromatic N) is 1. The van der Waals surface area contributed by atoms with Crippen LogP contribution in [0.15, 0.2) is 54.7 Å². The molecule has 2 aromatic rings. The molecule has 1 aliphatic heterocycles. The van der Waals surface area contributed by atoms with Gasteiger partial charge >= 0.3 is 0 Å². The van der Waals surface area contributed by atoms with Crippen LogP contribution in [0.25, 0.3) is 6.08 Å². The molecule has 2 aromatic carbocycles. The van der Waals surface area contributed by atoms with Gasteiger partial charge in [0.05, 0.1) is 12.5 Å². The number of hydrogen-bond donors (Lipinski definition) is 1. The molecular weight excluding hydrogens is 307 g/mol. The zero-order valence-electron chi connectivity index (χ0n) is 13.2. The zero-order valence-corrected chi connectivity index (χ0v) is 13.2. The highest BCUT2D eigenvalue weighted by Gasteiger charge is 2.28. The van der Waals surface area contributed by atoms with E-state index in [0.29, 0.717) is 5.69 Å². The number of benzene rings is 2. The normalized spacial score (nSPS) is 15.8. The molecule has 122 valence electrons. The Labute approximate surface area is 139 Å². The molecule has 4 nitrogen and oxygen atoms in total. The van der Waals surface area contributed by atoms with Crippen molar-refractivity contribution in [2.24, 2.45) is 0 Å². The number of anilines is 1. The zero-order chi connectivity index (χ0) is 17.1. The van der Waals surface area contributed by atoms with Crippen molar-refractivity contribution in [1.82, 2.24) is 4.90 Å². The van der Waals surface area contributed by atoms with Crippen molar-refractivity contribution in [1.29, 1.82) is 0 Å². The lowest BCUT2D eigenvalue weighted by Crippen LogP contribution is -2.33. The highest BCUT2D eigenvalue weighted by molar-refractivity contribution is 5.92. The Hall–Kier alpha value is -2.95. The maximum atomic E-state index is 12.9. The molecule has 1 atom stereocenters. The molecule has 0 radical (unpaired) electrons. The number of amides is 2. The van der Waals surface area contributed by atoms with Crippen molar-refractivity contribution in [3.05, 3.63) is 71.7 Å². The summed E-state index contributed by atoms with van der Waals surface area (Å²) in [5, 5.41) is 2.74. The van der Waals surface area contributed by atoms with E-state index in [-0.39, 0.29) is 30.1 Å². The molecular formula is C19H17FN2O2. The molecule has 1 aliphatic rings. The fourth-order valence-corrected chi connectivity index (χ4v) is 2.83. The van der Waals surface area contributed by atoms with E-state index in [2.05, 4.69) is 5.32 Å². The van der Waals surface area contributed by atoms with Crippen molar-refractivity contribution in [2.75, 3.05) is 5.32 Å². The Bertz CT molecular complexity index is 799. The number of carbonyl (C=O) groups excluding carboxylic acids is 2. The van der Waals surface area contributed by atoms with Crippen molar-refractivity contribution >= 4 is 23.6 Å². The van der Waals surface area contributed by atoms with Gasteiger partial charge in [0, 0.05) is 18.8 Å². The van der Waals surface area contributed by atoms with Crippen molar-refractivity contribution < 1.29 is 14.0 Å². The van der Waals surface area contributed by atoms with E-state index >= 15 is 0 Å². The van der Waals surface area contributed by atoms with Crippen LogP contribution in [0.2, 0.25) is 0 Å². The third-order valence-electron chi connectivity index (χ3n) is 3.98. The average molecular weight is 324 g/mol. The molecule has 24 heavy (non-hydrogen) atoms. The number of hydrogen-bond acceptors (Lipinski definition) is 2. The minimum Gasteiger partial charge on any atom is -0.326 e. The molecule has 0 fully saturated rings. The quantitative estimate of drug-likeness (QED) is 0.935. The van der Waals surface area contributed by atoms with Gasteiger partial charge in [-0.1, -0.05) is 24.3 Å². The first-order chi connectivity index (χ1) is 11.5. The van der Waals surface area contributed by atoms with E-state index in [1.807, 2.05) is 30.3 Å². The van der Waals surface area contributed by atoms with Crippen LogP contribution in [0, 0.1) is 5.82 Å². The summed E-state index contributed by atoms with van der Waals surface area (Å²) < 4.78 is 12.9. The van der Waals surface area contributed by atoms with Crippen molar-refractivity contribution in [3.8, 4) is 0 Å². The molecule has 0 saturated heterocycles. The van der Waals surface area contributed by atoms with E-state index in [1.165, 1.54) is 31.2 Å². The lowest BCUT2D eigenvalue weighted by atomic mass is 9.93. The number of fused-ring (bicyclic) bond motifs is 1. The van der Waals surface area contributed by atoms with Crippen LogP contribution in [-0.2, 0) is 9.59 Å². The van der Waals surface area contributed by atoms with Crippen LogP contribution in [0.3, 0.4) is 0 Å². The fourth-order valence-electron chi connectivity index (χ4n) is 2.83. The van der Waals surface area contributed by atoms with Crippen molar-refractivity contribution in [3.63, 3.8) is 0 Å². The molecule has 3 rings (SSSR count). The van der Waals surface area contributed by atoms with E-state index in [1.54, 1.807) is 11.1 Å². The molecule has 1 unspecified atom stereocenters. The summed E-state index contributed by atoms with van der Waals surface area (Å²) in [5.74, 6) is -0.717. The summed E-state index contributed by atoms with van der Waals surface area (Å²) in [6.07, 6.45) is 3.70. The molecule has 0 bridgehead atoms. The number of halogens is 1. The van der Waals surface area contributed by atoms with Gasteiger partial charge in [0.2, 0.25) is 11.8 Å². The van der Waals surface area contributed by atoms with Gasteiger partial charge < -0.3 is 10.2 Å². The third-order valence-corrected chi connectivity index (χ3v) is 3.98. The summed E-state index contributed by atoms with van der Waals surface area (Å²) in [7, 11) is 0. The first kappa shape index (κ1) is 15.9. The summed E-state index contributed by atoms with van der Waals surface area (Å²) >= 11 is 0. The summed E-state index contributed by atoms with van der Waals surface area (Å²) in [4.78, 5) is 25.8. The SMILES string of the molecule is CC(=O)N1C=Cc2ccccc2C1CC(=O)Nc1ccc(F)cc1. The molecule has 0 aromatic heterocycles. The largest absolute Gasteiger partial charge is 0.326 e. The van der Waals surface area contributed by atoms with Crippen molar-refractivity contribution in [2.45, 2.75) is 19.4 Å². The van der Waals surface area contributed by atoms with Crippen LogP contribution in [-0.4, -0.2) is 16.7 Å². The van der Waals surface area contributed by atoms with Crippen LogP contribution < -0.4 is 5.32 Å². The Kier molecular flexibility index (Phi) is 4.42. The number of nitrogens with one attached hydrogen (secondary N) is 1. The smallest absolute Gasteiger partial charge is 0.226 e. The lowest BCUT2D eigenvalue weighted by molar-refractivity contribution is -0.129. The molecule has 1 heterocycles. The molecule has 2 amide bonds. The molecule has 0 spiro atoms. The highest BCUT2D eigenvalue weighted by atomic mass is 19.1. The van der Waals surface area contributed by atoms with Gasteiger partial charge in [-0.3, -0.25) is 9.59 Å². The van der Waals surface area contributed by atoms with Crippen LogP contribution in [0.5, 0.6) is 0 Å². The number of rotatable bonds is 3. The van der Waals surface area contributed by atoms with Gasteiger partial charge in [0.1, 0.15) is 5.82 Å². The molecule has 0 aliphatic carbocycles. The van der Waals surface area contributed by atoms with Gasteiger partial charge in [-0.2, -0.15) is 0 Å². The second kappa shape index (κ2) is 6.66. The van der Waals surface area contributed by atoms with Gasteiger partial charge in [-0.25, -0.2) is 4.39 Å². The van der Waals surface area contributed by atoms with E-state index in [4.69, 9.17) is 0 Å². The standard InChI is InChI=1S/C19H17FN2O2/c1-13(23)22-11-10-14-4-2-3-5-17(14)18(22)12-19(24)21-16-8-6-15(20)7-9-16/h2-11,18H,12H2,1H3,(H,21,24). The monoisotopic (exact) mass is 324 g/mol. The van der Waals surface area contributed by atoms with Crippen LogP contribution >= 0.6 is 0 Å². The minimum atomic E-state index is -0.359. The third kappa shape index (κ3) is 3.35. The highest BCUT2D eigenvalue weighted by Crippen LogP contribution is 2.33. The van der Waals surface area contributed by atoms with Gasteiger partial charge in [0.25, 0.3) is 0 Å². The van der Waals surface area contributed by atoms with E-state index < -0.39 is 0 Å². The minimum absolute atomic E-state index is 0.123. The average Bonchev–Trinajstić information content (AvgIpc) is 2.57. The van der Waals surface area contributed by atoms with Gasteiger partial charge in [0.15, 0.2) is 0 Å². The van der Waals surface area contributed by atoms with E-state index in [0.717, 1.165) is 11.1 Å². The summed E-state index contributed by atoms with van der Waals surface area (Å²) in [6.45, 7) is 1.48. The maximum absolute atomic E-state index is 12.9. The van der Waals surface area contributed by atoms with E-state index in [9.17, 15) is 14.0 Å². The Balaban J connectivity index is 1.80. The second-order valence-corrected chi connectivity index (χ2v) is 5.65.